The first-order chi connectivity index (χ1) is 8.18. The van der Waals surface area contributed by atoms with Gasteiger partial charge in [0.15, 0.2) is 0 Å². The van der Waals surface area contributed by atoms with Crippen molar-refractivity contribution < 1.29 is 9.90 Å². The summed E-state index contributed by atoms with van der Waals surface area (Å²) in [5.74, 6) is 0.0865. The van der Waals surface area contributed by atoms with E-state index in [9.17, 15) is 9.90 Å². The molecule has 2 rings (SSSR count). The lowest BCUT2D eigenvalue weighted by atomic mass is 9.89. The topological polar surface area (TPSA) is 61.4 Å². The van der Waals surface area contributed by atoms with E-state index in [4.69, 9.17) is 0 Å². The van der Waals surface area contributed by atoms with E-state index in [1.54, 1.807) is 0 Å². The number of amides is 1. The molecule has 1 aliphatic heterocycles. The summed E-state index contributed by atoms with van der Waals surface area (Å²) in [5.41, 5.74) is -0.378. The van der Waals surface area contributed by atoms with Gasteiger partial charge in [0, 0.05) is 0 Å². The molecule has 0 radical (unpaired) electrons. The normalized spacial score (nSPS) is 38.0. The molecule has 0 aromatic carbocycles. The number of carbonyl (C=O) groups is 1. The van der Waals surface area contributed by atoms with E-state index in [1.165, 1.54) is 0 Å². The van der Waals surface area contributed by atoms with Crippen molar-refractivity contribution in [3.63, 3.8) is 0 Å². The molecule has 0 bridgehead atoms. The van der Waals surface area contributed by atoms with Gasteiger partial charge in [-0.3, -0.25) is 4.79 Å². The van der Waals surface area contributed by atoms with Gasteiger partial charge in [0.1, 0.15) is 0 Å². The van der Waals surface area contributed by atoms with Crippen LogP contribution in [-0.4, -0.2) is 35.2 Å². The van der Waals surface area contributed by atoms with Gasteiger partial charge in [0.05, 0.1) is 17.7 Å². The molecule has 4 nitrogen and oxygen atoms in total. The van der Waals surface area contributed by atoms with Gasteiger partial charge in [0.2, 0.25) is 5.91 Å². The van der Waals surface area contributed by atoms with Crippen molar-refractivity contribution in [2.45, 2.75) is 69.6 Å². The lowest BCUT2D eigenvalue weighted by molar-refractivity contribution is -0.129. The summed E-state index contributed by atoms with van der Waals surface area (Å²) in [6.07, 6.45) is 6.35. The van der Waals surface area contributed by atoms with E-state index in [0.29, 0.717) is 0 Å². The van der Waals surface area contributed by atoms with E-state index in [-0.39, 0.29) is 23.6 Å². The fraction of sp³-hybridized carbons (Fsp3) is 0.923. The summed E-state index contributed by atoms with van der Waals surface area (Å²) >= 11 is 0. The first-order valence-electron chi connectivity index (χ1n) is 6.92. The van der Waals surface area contributed by atoms with E-state index in [1.807, 2.05) is 0 Å². The van der Waals surface area contributed by atoms with Crippen molar-refractivity contribution in [3.05, 3.63) is 0 Å². The summed E-state index contributed by atoms with van der Waals surface area (Å²) in [6, 6.07) is -0.0397. The number of aliphatic hydroxyl groups is 1. The Morgan fingerprint density at radius 2 is 2.18 bits per heavy atom. The summed E-state index contributed by atoms with van der Waals surface area (Å²) < 4.78 is 0. The Hall–Kier alpha value is -0.610. The SMILES string of the molecule is CCC1(C(=O)N[C@H]2CCCC[C@@H]2O)CCCN1. The maximum Gasteiger partial charge on any atom is 0.240 e. The number of carbonyl (C=O) groups excluding carboxylic acids is 1. The van der Waals surface area contributed by atoms with Crippen LogP contribution >= 0.6 is 0 Å². The Morgan fingerprint density at radius 3 is 2.76 bits per heavy atom. The van der Waals surface area contributed by atoms with Gasteiger partial charge in [-0.2, -0.15) is 0 Å². The molecule has 0 aromatic heterocycles. The van der Waals surface area contributed by atoms with Crippen LogP contribution in [0, 0.1) is 0 Å². The second kappa shape index (κ2) is 5.36. The van der Waals surface area contributed by atoms with Crippen LogP contribution in [0.1, 0.15) is 51.9 Å². The van der Waals surface area contributed by atoms with Crippen LogP contribution < -0.4 is 10.6 Å². The zero-order valence-electron chi connectivity index (χ0n) is 10.7. The van der Waals surface area contributed by atoms with Crippen LogP contribution in [0.25, 0.3) is 0 Å². The minimum Gasteiger partial charge on any atom is -0.391 e. The molecule has 1 amide bonds. The zero-order chi connectivity index (χ0) is 12.3. The van der Waals surface area contributed by atoms with E-state index >= 15 is 0 Å². The van der Waals surface area contributed by atoms with Crippen molar-refractivity contribution >= 4 is 5.91 Å². The van der Waals surface area contributed by atoms with Gasteiger partial charge in [-0.1, -0.05) is 19.8 Å². The van der Waals surface area contributed by atoms with Crippen LogP contribution in [0.2, 0.25) is 0 Å². The molecule has 3 N–H and O–H groups in total. The van der Waals surface area contributed by atoms with Gasteiger partial charge < -0.3 is 15.7 Å². The molecule has 4 heteroatoms. The van der Waals surface area contributed by atoms with Gasteiger partial charge >= 0.3 is 0 Å². The summed E-state index contributed by atoms with van der Waals surface area (Å²) in [7, 11) is 0. The van der Waals surface area contributed by atoms with Crippen molar-refractivity contribution in [2.24, 2.45) is 0 Å². The van der Waals surface area contributed by atoms with Crippen LogP contribution in [0.3, 0.4) is 0 Å². The molecule has 3 atom stereocenters. The third kappa shape index (κ3) is 2.63. The zero-order valence-corrected chi connectivity index (χ0v) is 10.7. The van der Waals surface area contributed by atoms with Crippen LogP contribution in [0.4, 0.5) is 0 Å². The van der Waals surface area contributed by atoms with Gasteiger partial charge in [0.25, 0.3) is 0 Å². The molecule has 98 valence electrons. The Bertz CT molecular complexity index is 275. The quantitative estimate of drug-likeness (QED) is 0.688. The highest BCUT2D eigenvalue weighted by Gasteiger charge is 2.40. The Balaban J connectivity index is 1.95. The summed E-state index contributed by atoms with van der Waals surface area (Å²) in [4.78, 5) is 12.3. The van der Waals surface area contributed by atoms with Crippen molar-refractivity contribution in [2.75, 3.05) is 6.54 Å². The fourth-order valence-electron chi connectivity index (χ4n) is 3.05. The first-order valence-corrected chi connectivity index (χ1v) is 6.92. The Labute approximate surface area is 103 Å². The maximum atomic E-state index is 12.3. The monoisotopic (exact) mass is 240 g/mol. The molecule has 0 spiro atoms. The molecular weight excluding hydrogens is 216 g/mol. The molecule has 1 unspecified atom stereocenters. The average Bonchev–Trinajstić information content (AvgIpc) is 2.82. The predicted octanol–water partition coefficient (Wildman–Crippen LogP) is 0.938. The fourth-order valence-corrected chi connectivity index (χ4v) is 3.05. The minimum atomic E-state index is -0.378. The third-order valence-corrected chi connectivity index (χ3v) is 4.33. The molecule has 1 heterocycles. The standard InChI is InChI=1S/C13H24N2O2/c1-2-13(8-5-9-14-13)12(17)15-10-6-3-4-7-11(10)16/h10-11,14,16H,2-9H2,1H3,(H,15,17)/t10-,11-,13?/m0/s1. The minimum absolute atomic E-state index is 0.0397. The summed E-state index contributed by atoms with van der Waals surface area (Å²) in [6.45, 7) is 2.98. The van der Waals surface area contributed by atoms with Crippen molar-refractivity contribution in [3.8, 4) is 0 Å². The largest absolute Gasteiger partial charge is 0.391 e. The molecule has 2 aliphatic rings. The van der Waals surface area contributed by atoms with Gasteiger partial charge in [-0.25, -0.2) is 0 Å². The highest BCUT2D eigenvalue weighted by Crippen LogP contribution is 2.25. The lowest BCUT2D eigenvalue weighted by Crippen LogP contribution is -2.57. The molecule has 1 aliphatic carbocycles. The second-order valence-electron chi connectivity index (χ2n) is 5.40. The predicted molar refractivity (Wildman–Crippen MR) is 66.7 cm³/mol. The first kappa shape index (κ1) is 12.8. The lowest BCUT2D eigenvalue weighted by Gasteiger charge is -2.33. The molecule has 2 fully saturated rings. The van der Waals surface area contributed by atoms with Gasteiger partial charge in [-0.15, -0.1) is 0 Å². The average molecular weight is 240 g/mol. The Kier molecular flexibility index (Phi) is 4.05. The number of hydrogen-bond donors (Lipinski definition) is 3. The smallest absolute Gasteiger partial charge is 0.240 e. The van der Waals surface area contributed by atoms with Crippen molar-refractivity contribution in [1.82, 2.24) is 10.6 Å². The number of nitrogens with one attached hydrogen (secondary N) is 2. The second-order valence-corrected chi connectivity index (χ2v) is 5.40. The molecule has 0 aromatic rings. The molecule has 17 heavy (non-hydrogen) atoms. The molecule has 1 saturated heterocycles. The van der Waals surface area contributed by atoms with Crippen LogP contribution in [0.5, 0.6) is 0 Å². The highest BCUT2D eigenvalue weighted by atomic mass is 16.3. The highest BCUT2D eigenvalue weighted by molar-refractivity contribution is 5.87. The van der Waals surface area contributed by atoms with E-state index < -0.39 is 0 Å². The van der Waals surface area contributed by atoms with E-state index in [2.05, 4.69) is 17.6 Å². The van der Waals surface area contributed by atoms with Gasteiger partial charge in [-0.05, 0) is 38.6 Å². The number of aliphatic hydroxyl groups excluding tert-OH is 1. The molecular formula is C13H24N2O2. The summed E-state index contributed by atoms with van der Waals surface area (Å²) in [5, 5.41) is 16.3. The Morgan fingerprint density at radius 1 is 1.41 bits per heavy atom. The third-order valence-electron chi connectivity index (χ3n) is 4.33. The van der Waals surface area contributed by atoms with Crippen LogP contribution in [0.15, 0.2) is 0 Å². The van der Waals surface area contributed by atoms with Crippen LogP contribution in [-0.2, 0) is 4.79 Å². The maximum absolute atomic E-state index is 12.3. The van der Waals surface area contributed by atoms with E-state index in [0.717, 1.165) is 51.5 Å². The molecule has 1 saturated carbocycles. The van der Waals surface area contributed by atoms with Crippen molar-refractivity contribution in [1.29, 1.82) is 0 Å². The number of rotatable bonds is 3. The number of hydrogen-bond acceptors (Lipinski definition) is 3.